The van der Waals surface area contributed by atoms with Gasteiger partial charge in [-0.25, -0.2) is 0 Å². The van der Waals surface area contributed by atoms with Gasteiger partial charge in [0.15, 0.2) is 5.85 Å². The van der Waals surface area contributed by atoms with Crippen LogP contribution in [0.15, 0.2) is 0 Å². The molecule has 0 fully saturated rings. The van der Waals surface area contributed by atoms with E-state index in [1.807, 2.05) is 6.92 Å². The first-order chi connectivity index (χ1) is 3.06. The maximum atomic E-state index is 8.57. The monoisotopic (exact) mass is 140 g/mol. The van der Waals surface area contributed by atoms with Crippen LogP contribution in [0.2, 0.25) is 0 Å². The van der Waals surface area contributed by atoms with Crippen LogP contribution < -0.4 is 11.5 Å². The maximum absolute atomic E-state index is 8.57. The zero-order valence-corrected chi connectivity index (χ0v) is 5.74. The molecule has 0 bridgehead atoms. The van der Waals surface area contributed by atoms with Crippen molar-refractivity contribution in [1.82, 2.24) is 0 Å². The van der Waals surface area contributed by atoms with Crippen LogP contribution in [0.5, 0.6) is 0 Å². The predicted octanol–water partition coefficient (Wildman–Crippen LogP) is -0.228. The zero-order chi connectivity index (χ0) is 5.91. The van der Waals surface area contributed by atoms with Gasteiger partial charge < -0.3 is 5.11 Å². The number of hydrogen-bond donors (Lipinski definition) is 3. The molecule has 0 heterocycles. The van der Waals surface area contributed by atoms with Gasteiger partial charge in [-0.1, -0.05) is 13.3 Å². The van der Waals surface area contributed by atoms with Crippen molar-refractivity contribution in [3.05, 3.63) is 0 Å². The molecule has 0 radical (unpaired) electrons. The van der Waals surface area contributed by atoms with Crippen LogP contribution >= 0.6 is 12.4 Å². The van der Waals surface area contributed by atoms with E-state index >= 15 is 0 Å². The van der Waals surface area contributed by atoms with Crippen molar-refractivity contribution in [2.75, 3.05) is 0 Å². The summed E-state index contributed by atoms with van der Waals surface area (Å²) in [6.45, 7) is 1.91. The van der Waals surface area contributed by atoms with E-state index in [0.717, 1.165) is 6.42 Å². The lowest BCUT2D eigenvalue weighted by Gasteiger charge is -2.14. The minimum absolute atomic E-state index is 0. The molecule has 3 nitrogen and oxygen atoms in total. The van der Waals surface area contributed by atoms with Crippen molar-refractivity contribution < 1.29 is 5.11 Å². The fourth-order valence-electron chi connectivity index (χ4n) is 0.400. The molecule has 0 atom stereocenters. The third-order valence-electron chi connectivity index (χ3n) is 0.650. The van der Waals surface area contributed by atoms with Crippen molar-refractivity contribution in [3.8, 4) is 0 Å². The Kier molecular flexibility index (Phi) is 5.64. The first-order valence-corrected chi connectivity index (χ1v) is 2.36. The minimum atomic E-state index is -1.45. The molecule has 0 aromatic rings. The van der Waals surface area contributed by atoms with Gasteiger partial charge in [0.05, 0.1) is 0 Å². The SMILES string of the molecule is CCCC(N)(N)O.Cl. The molecule has 4 heteroatoms. The smallest absolute Gasteiger partial charge is 0.166 e. The first kappa shape index (κ1) is 11.0. The topological polar surface area (TPSA) is 72.3 Å². The van der Waals surface area contributed by atoms with Gasteiger partial charge in [0.2, 0.25) is 0 Å². The molecule has 8 heavy (non-hydrogen) atoms. The summed E-state index contributed by atoms with van der Waals surface area (Å²) >= 11 is 0. The number of aliphatic hydroxyl groups is 1. The third-order valence-corrected chi connectivity index (χ3v) is 0.650. The van der Waals surface area contributed by atoms with Crippen molar-refractivity contribution >= 4 is 12.4 Å². The Bertz CT molecular complexity index is 52.5. The van der Waals surface area contributed by atoms with Gasteiger partial charge in [0, 0.05) is 6.42 Å². The lowest BCUT2D eigenvalue weighted by molar-refractivity contribution is 0.0441. The van der Waals surface area contributed by atoms with Crippen molar-refractivity contribution in [2.24, 2.45) is 11.5 Å². The highest BCUT2D eigenvalue weighted by Crippen LogP contribution is 1.94. The Morgan fingerprint density at radius 1 is 1.50 bits per heavy atom. The summed E-state index contributed by atoms with van der Waals surface area (Å²) in [7, 11) is 0. The average molecular weight is 141 g/mol. The second-order valence-electron chi connectivity index (χ2n) is 1.74. The number of rotatable bonds is 2. The highest BCUT2D eigenvalue weighted by atomic mass is 35.5. The lowest BCUT2D eigenvalue weighted by atomic mass is 10.2. The highest BCUT2D eigenvalue weighted by Gasteiger charge is 2.09. The molecule has 0 aliphatic heterocycles. The van der Waals surface area contributed by atoms with E-state index in [-0.39, 0.29) is 12.4 Å². The molecule has 0 aliphatic carbocycles. The number of nitrogens with two attached hydrogens (primary N) is 2. The molecule has 0 aromatic heterocycles. The molecule has 0 unspecified atom stereocenters. The van der Waals surface area contributed by atoms with Crippen LogP contribution in [0.25, 0.3) is 0 Å². The van der Waals surface area contributed by atoms with Gasteiger partial charge in [0.1, 0.15) is 0 Å². The van der Waals surface area contributed by atoms with Gasteiger partial charge in [-0.15, -0.1) is 12.4 Å². The Morgan fingerprint density at radius 2 is 1.88 bits per heavy atom. The van der Waals surface area contributed by atoms with E-state index < -0.39 is 5.85 Å². The van der Waals surface area contributed by atoms with E-state index in [9.17, 15) is 0 Å². The van der Waals surface area contributed by atoms with E-state index in [1.165, 1.54) is 0 Å². The van der Waals surface area contributed by atoms with Gasteiger partial charge in [-0.05, 0) is 0 Å². The van der Waals surface area contributed by atoms with Crippen LogP contribution in [-0.2, 0) is 0 Å². The standard InChI is InChI=1S/C4H12N2O.ClH/c1-2-3-4(5,6)7;/h7H,2-3,5-6H2,1H3;1H. The molecule has 0 aliphatic rings. The zero-order valence-electron chi connectivity index (χ0n) is 4.92. The van der Waals surface area contributed by atoms with Crippen LogP contribution in [0.3, 0.4) is 0 Å². The molecule has 0 saturated heterocycles. The predicted molar refractivity (Wildman–Crippen MR) is 35.5 cm³/mol. The quantitative estimate of drug-likeness (QED) is 0.464. The first-order valence-electron chi connectivity index (χ1n) is 2.36. The molecular weight excluding hydrogens is 128 g/mol. The van der Waals surface area contributed by atoms with E-state index in [2.05, 4.69) is 0 Å². The molecule has 0 saturated carbocycles. The van der Waals surface area contributed by atoms with Gasteiger partial charge in [-0.3, -0.25) is 11.5 Å². The Balaban J connectivity index is 0. The summed E-state index contributed by atoms with van der Waals surface area (Å²) in [6, 6.07) is 0. The summed E-state index contributed by atoms with van der Waals surface area (Å²) in [5, 5.41) is 8.57. The van der Waals surface area contributed by atoms with Crippen LogP contribution in [0, 0.1) is 0 Å². The molecule has 0 amide bonds. The second-order valence-corrected chi connectivity index (χ2v) is 1.74. The van der Waals surface area contributed by atoms with E-state index in [4.69, 9.17) is 16.6 Å². The summed E-state index contributed by atoms with van der Waals surface area (Å²) in [5.74, 6) is -1.45. The van der Waals surface area contributed by atoms with Crippen molar-refractivity contribution in [3.63, 3.8) is 0 Å². The Labute approximate surface area is 55.5 Å². The Morgan fingerprint density at radius 3 is 1.88 bits per heavy atom. The van der Waals surface area contributed by atoms with E-state index in [0.29, 0.717) is 6.42 Å². The second kappa shape index (κ2) is 4.09. The molecule has 0 aromatic carbocycles. The van der Waals surface area contributed by atoms with Crippen molar-refractivity contribution in [2.45, 2.75) is 25.6 Å². The van der Waals surface area contributed by atoms with Crippen LogP contribution in [0.4, 0.5) is 0 Å². The molecule has 5 N–H and O–H groups in total. The van der Waals surface area contributed by atoms with Gasteiger partial charge >= 0.3 is 0 Å². The van der Waals surface area contributed by atoms with Crippen LogP contribution in [-0.4, -0.2) is 11.0 Å². The number of hydrogen-bond acceptors (Lipinski definition) is 3. The molecular formula is C4H13ClN2O. The highest BCUT2D eigenvalue weighted by molar-refractivity contribution is 5.85. The van der Waals surface area contributed by atoms with E-state index in [1.54, 1.807) is 0 Å². The molecule has 52 valence electrons. The Hall–Kier alpha value is 0.170. The number of halogens is 1. The summed E-state index contributed by atoms with van der Waals surface area (Å²) in [6.07, 6.45) is 1.26. The molecule has 0 rings (SSSR count). The average Bonchev–Trinajstić information content (AvgIpc) is 1.30. The van der Waals surface area contributed by atoms with Crippen molar-refractivity contribution in [1.29, 1.82) is 0 Å². The lowest BCUT2D eigenvalue weighted by Crippen LogP contribution is -2.48. The largest absolute Gasteiger partial charge is 0.363 e. The van der Waals surface area contributed by atoms with Gasteiger partial charge in [0.25, 0.3) is 0 Å². The molecule has 0 spiro atoms. The fourth-order valence-corrected chi connectivity index (χ4v) is 0.400. The summed E-state index contributed by atoms with van der Waals surface area (Å²) in [4.78, 5) is 0. The normalized spacial score (nSPS) is 10.5. The third kappa shape index (κ3) is 9.48. The minimum Gasteiger partial charge on any atom is -0.363 e. The van der Waals surface area contributed by atoms with Crippen LogP contribution in [0.1, 0.15) is 19.8 Å². The fraction of sp³-hybridized carbons (Fsp3) is 1.00. The summed E-state index contributed by atoms with van der Waals surface area (Å²) in [5.41, 5.74) is 9.96. The maximum Gasteiger partial charge on any atom is 0.166 e. The van der Waals surface area contributed by atoms with Gasteiger partial charge in [-0.2, -0.15) is 0 Å². The summed E-state index contributed by atoms with van der Waals surface area (Å²) < 4.78 is 0.